The summed E-state index contributed by atoms with van der Waals surface area (Å²) in [5, 5.41) is 17.1. The van der Waals surface area contributed by atoms with Crippen LogP contribution >= 0.6 is 0 Å². The molecule has 2 aromatic carbocycles. The molecule has 0 radical (unpaired) electrons. The fraction of sp³-hybridized carbons (Fsp3) is 0.462. The molecule has 2 N–H and O–H groups in total. The highest BCUT2D eigenvalue weighted by molar-refractivity contribution is 5.76. The van der Waals surface area contributed by atoms with Crippen molar-refractivity contribution in [2.75, 3.05) is 26.4 Å². The Labute approximate surface area is 200 Å². The molecule has 34 heavy (non-hydrogen) atoms. The number of aromatic nitrogens is 4. The predicted molar refractivity (Wildman–Crippen MR) is 134 cm³/mol. The van der Waals surface area contributed by atoms with Gasteiger partial charge in [-0.05, 0) is 37.1 Å². The summed E-state index contributed by atoms with van der Waals surface area (Å²) in [6.45, 7) is 9.34. The van der Waals surface area contributed by atoms with Gasteiger partial charge in [0.2, 0.25) is 11.2 Å². The molecule has 182 valence electrons. The van der Waals surface area contributed by atoms with Crippen molar-refractivity contribution in [2.24, 2.45) is 0 Å². The van der Waals surface area contributed by atoms with Crippen molar-refractivity contribution in [3.63, 3.8) is 0 Å². The molecule has 2 aromatic heterocycles. The molecule has 0 aliphatic carbocycles. The van der Waals surface area contributed by atoms with Gasteiger partial charge in [0.05, 0.1) is 48.5 Å². The third-order valence-corrected chi connectivity index (χ3v) is 6.13. The van der Waals surface area contributed by atoms with Crippen molar-refractivity contribution in [3.8, 4) is 0 Å². The predicted octanol–water partition coefficient (Wildman–Crippen LogP) is 3.71. The number of para-hydroxylation sites is 4. The van der Waals surface area contributed by atoms with Crippen molar-refractivity contribution in [2.45, 2.75) is 52.9 Å². The zero-order valence-electron chi connectivity index (χ0n) is 20.3. The second-order valence-corrected chi connectivity index (χ2v) is 8.46. The first-order valence-electron chi connectivity index (χ1n) is 12.3. The van der Waals surface area contributed by atoms with Crippen LogP contribution in [0.15, 0.2) is 48.5 Å². The van der Waals surface area contributed by atoms with E-state index in [1.54, 1.807) is 0 Å². The summed E-state index contributed by atoms with van der Waals surface area (Å²) in [4.78, 5) is 0. The van der Waals surface area contributed by atoms with Gasteiger partial charge < -0.3 is 27.7 Å². The summed E-state index contributed by atoms with van der Waals surface area (Å²) < 4.78 is 19.8. The molecule has 4 aromatic rings. The maximum Gasteiger partial charge on any atom is 0.203 e. The van der Waals surface area contributed by atoms with Crippen LogP contribution in [-0.2, 0) is 35.7 Å². The van der Waals surface area contributed by atoms with Gasteiger partial charge in [0.1, 0.15) is 0 Å². The normalized spacial score (nSPS) is 11.7. The van der Waals surface area contributed by atoms with Gasteiger partial charge in [0.15, 0.2) is 0 Å². The SMILES string of the molecule is CCCn1c(=N)n(CCOCCOCCn2c(=N)n(CCC)c3ccccc32)c2ccccc21. The quantitative estimate of drug-likeness (QED) is 0.296. The average Bonchev–Trinajstić information content (AvgIpc) is 3.27. The number of nitrogens with one attached hydrogen (secondary N) is 2. The second-order valence-electron chi connectivity index (χ2n) is 8.46. The van der Waals surface area contributed by atoms with Gasteiger partial charge in [-0.25, -0.2) is 0 Å². The van der Waals surface area contributed by atoms with E-state index in [9.17, 15) is 0 Å². The molecule has 0 atom stereocenters. The van der Waals surface area contributed by atoms with Gasteiger partial charge in [-0.3, -0.25) is 10.8 Å². The molecular weight excluding hydrogens is 428 g/mol. The summed E-state index contributed by atoms with van der Waals surface area (Å²) >= 11 is 0. The molecule has 8 heteroatoms. The van der Waals surface area contributed by atoms with Gasteiger partial charge in [-0.1, -0.05) is 38.1 Å². The van der Waals surface area contributed by atoms with Crippen LogP contribution in [0.25, 0.3) is 22.1 Å². The highest BCUT2D eigenvalue weighted by atomic mass is 16.5. The van der Waals surface area contributed by atoms with Crippen LogP contribution in [0.1, 0.15) is 26.7 Å². The van der Waals surface area contributed by atoms with Crippen LogP contribution in [0.2, 0.25) is 0 Å². The largest absolute Gasteiger partial charge is 0.377 e. The lowest BCUT2D eigenvalue weighted by Crippen LogP contribution is -2.27. The number of hydrogen-bond acceptors (Lipinski definition) is 4. The molecule has 4 rings (SSSR count). The van der Waals surface area contributed by atoms with Gasteiger partial charge in [-0.15, -0.1) is 0 Å². The zero-order chi connectivity index (χ0) is 23.9. The smallest absolute Gasteiger partial charge is 0.203 e. The van der Waals surface area contributed by atoms with Crippen LogP contribution in [0.4, 0.5) is 0 Å². The fourth-order valence-electron chi connectivity index (χ4n) is 4.58. The number of aryl methyl sites for hydroxylation is 2. The third kappa shape index (κ3) is 4.88. The van der Waals surface area contributed by atoms with E-state index in [0.717, 1.165) is 48.0 Å². The highest BCUT2D eigenvalue weighted by Crippen LogP contribution is 2.14. The van der Waals surface area contributed by atoms with E-state index in [1.807, 2.05) is 33.4 Å². The van der Waals surface area contributed by atoms with E-state index in [2.05, 4.69) is 47.2 Å². The Morgan fingerprint density at radius 2 is 0.853 bits per heavy atom. The number of hydrogen-bond donors (Lipinski definition) is 2. The molecule has 0 spiro atoms. The van der Waals surface area contributed by atoms with Crippen molar-refractivity contribution in [1.29, 1.82) is 10.8 Å². The number of ether oxygens (including phenoxy) is 2. The maximum absolute atomic E-state index is 8.56. The molecule has 0 amide bonds. The van der Waals surface area contributed by atoms with E-state index in [0.29, 0.717) is 50.8 Å². The number of rotatable bonds is 13. The van der Waals surface area contributed by atoms with Crippen LogP contribution in [0.3, 0.4) is 0 Å². The molecule has 0 aliphatic rings. The van der Waals surface area contributed by atoms with Crippen LogP contribution in [0.5, 0.6) is 0 Å². The number of imidazole rings is 2. The van der Waals surface area contributed by atoms with Crippen molar-refractivity contribution >= 4 is 22.1 Å². The number of fused-ring (bicyclic) bond motifs is 2. The summed E-state index contributed by atoms with van der Waals surface area (Å²) in [7, 11) is 0. The van der Waals surface area contributed by atoms with Gasteiger partial charge in [-0.2, -0.15) is 0 Å². The molecule has 2 heterocycles. The summed E-state index contributed by atoms with van der Waals surface area (Å²) in [6, 6.07) is 16.4. The fourth-order valence-corrected chi connectivity index (χ4v) is 4.58. The Bertz CT molecular complexity index is 1240. The Morgan fingerprint density at radius 1 is 0.529 bits per heavy atom. The average molecular weight is 465 g/mol. The van der Waals surface area contributed by atoms with E-state index < -0.39 is 0 Å². The minimum Gasteiger partial charge on any atom is -0.377 e. The third-order valence-electron chi connectivity index (χ3n) is 6.13. The topological polar surface area (TPSA) is 85.9 Å². The standard InChI is InChI=1S/C26H36N6O2/c1-3-13-29-21-9-5-7-11-23(21)31(25(29)27)15-17-33-19-20-34-18-16-32-24-12-8-6-10-22(24)30(14-4-2)26(32)28/h5-12,27-28H,3-4,13-20H2,1-2H3. The lowest BCUT2D eigenvalue weighted by atomic mass is 10.3. The molecule has 0 saturated heterocycles. The van der Waals surface area contributed by atoms with Crippen LogP contribution < -0.4 is 11.2 Å². The van der Waals surface area contributed by atoms with Gasteiger partial charge in [0, 0.05) is 26.2 Å². The highest BCUT2D eigenvalue weighted by Gasteiger charge is 2.10. The Hall–Kier alpha value is -3.10. The maximum atomic E-state index is 8.56. The first-order chi connectivity index (χ1) is 16.7. The molecule has 0 aliphatic heterocycles. The van der Waals surface area contributed by atoms with E-state index in [1.165, 1.54) is 0 Å². The van der Waals surface area contributed by atoms with Crippen molar-refractivity contribution < 1.29 is 9.47 Å². The minimum atomic E-state index is 0.511. The minimum absolute atomic E-state index is 0.511. The lowest BCUT2D eigenvalue weighted by Gasteiger charge is -2.08. The first kappa shape index (κ1) is 24.0. The second kappa shape index (κ2) is 11.4. The summed E-state index contributed by atoms with van der Waals surface area (Å²) in [5.74, 6) is 0. The summed E-state index contributed by atoms with van der Waals surface area (Å²) in [6.07, 6.45) is 2.00. The van der Waals surface area contributed by atoms with Gasteiger partial charge in [0.25, 0.3) is 0 Å². The molecular formula is C26H36N6O2. The molecule has 0 unspecified atom stereocenters. The molecule has 0 fully saturated rings. The van der Waals surface area contributed by atoms with Crippen LogP contribution in [0, 0.1) is 10.8 Å². The molecule has 8 nitrogen and oxygen atoms in total. The van der Waals surface area contributed by atoms with Crippen molar-refractivity contribution in [3.05, 3.63) is 59.8 Å². The molecule has 0 bridgehead atoms. The van der Waals surface area contributed by atoms with E-state index in [-0.39, 0.29) is 0 Å². The first-order valence-corrected chi connectivity index (χ1v) is 12.3. The van der Waals surface area contributed by atoms with E-state index >= 15 is 0 Å². The zero-order valence-corrected chi connectivity index (χ0v) is 20.3. The lowest BCUT2D eigenvalue weighted by molar-refractivity contribution is 0.0419. The number of benzene rings is 2. The van der Waals surface area contributed by atoms with E-state index in [4.69, 9.17) is 20.3 Å². The number of nitrogens with zero attached hydrogens (tertiary/aromatic N) is 4. The monoisotopic (exact) mass is 464 g/mol. The van der Waals surface area contributed by atoms with Crippen molar-refractivity contribution in [1.82, 2.24) is 18.3 Å². The summed E-state index contributed by atoms with van der Waals surface area (Å²) in [5.41, 5.74) is 5.40. The van der Waals surface area contributed by atoms with Gasteiger partial charge >= 0.3 is 0 Å². The Balaban J connectivity index is 1.25. The Kier molecular flexibility index (Phi) is 8.03. The Morgan fingerprint density at radius 3 is 1.18 bits per heavy atom. The van der Waals surface area contributed by atoms with Crippen LogP contribution in [-0.4, -0.2) is 44.7 Å². The molecule has 0 saturated carbocycles.